The number of rotatable bonds is 15. The number of nitrogens with zero attached hydrogens (tertiary/aromatic N) is 6. The molecule has 9 rings (SSSR count). The van der Waals surface area contributed by atoms with E-state index in [0.717, 1.165) is 105 Å². The third kappa shape index (κ3) is 11.4. The van der Waals surface area contributed by atoms with Crippen LogP contribution in [0, 0.1) is 15.5 Å². The number of nitro groups is 1. The van der Waals surface area contributed by atoms with Gasteiger partial charge in [-0.2, -0.15) is 0 Å². The molecular weight excluding hydrogens is 908 g/mol. The van der Waals surface area contributed by atoms with Gasteiger partial charge in [-0.1, -0.05) is 55.1 Å². The number of aromatic amines is 1. The van der Waals surface area contributed by atoms with Gasteiger partial charge in [0.2, 0.25) is 0 Å². The lowest BCUT2D eigenvalue weighted by Gasteiger charge is -2.39. The van der Waals surface area contributed by atoms with Crippen molar-refractivity contribution in [1.29, 1.82) is 0 Å². The number of aryl methyl sites for hydroxylation is 1. The lowest BCUT2D eigenvalue weighted by Crippen LogP contribution is -2.47. The topological polar surface area (TPSA) is 166 Å². The summed E-state index contributed by atoms with van der Waals surface area (Å²) in [5.41, 5.74) is 5.94. The van der Waals surface area contributed by atoms with Crippen LogP contribution in [0.4, 0.5) is 11.4 Å². The van der Waals surface area contributed by atoms with Crippen LogP contribution < -0.4 is 14.4 Å². The summed E-state index contributed by atoms with van der Waals surface area (Å²) < 4.78 is 41.1. The Balaban J connectivity index is 0.888. The normalized spacial score (nSPS) is 19.1. The second-order valence-corrected chi connectivity index (χ2v) is 24.4. The van der Waals surface area contributed by atoms with Crippen LogP contribution in [-0.4, -0.2) is 115 Å². The van der Waals surface area contributed by atoms with Gasteiger partial charge in [-0.25, -0.2) is 18.1 Å². The van der Waals surface area contributed by atoms with E-state index in [4.69, 9.17) is 20.7 Å². The molecule has 3 aromatic carbocycles. The van der Waals surface area contributed by atoms with E-state index in [1.54, 1.807) is 30.5 Å². The molecule has 3 fully saturated rings. The highest BCUT2D eigenvalue weighted by Gasteiger charge is 2.31. The van der Waals surface area contributed by atoms with E-state index in [1.165, 1.54) is 47.9 Å². The van der Waals surface area contributed by atoms with Gasteiger partial charge in [0, 0.05) is 97.3 Å². The number of sulfonamides is 1. The van der Waals surface area contributed by atoms with Crippen LogP contribution in [0.15, 0.2) is 100 Å². The molecule has 0 unspecified atom stereocenters. The molecule has 4 heterocycles. The summed E-state index contributed by atoms with van der Waals surface area (Å²) >= 11 is 6.25. The Bertz CT molecular complexity index is 2940. The molecule has 2 N–H and O–H groups in total. The molecule has 2 saturated heterocycles. The highest BCUT2D eigenvalue weighted by molar-refractivity contribution is 8.02. The summed E-state index contributed by atoms with van der Waals surface area (Å²) in [6.45, 7) is 11.3. The zero-order valence-corrected chi connectivity index (χ0v) is 40.6. The van der Waals surface area contributed by atoms with Gasteiger partial charge in [0.1, 0.15) is 17.1 Å². The average Bonchev–Trinajstić information content (AvgIpc) is 3.99. The molecular formula is C50H59ClN8O6S2. The number of pyridine rings is 1. The van der Waals surface area contributed by atoms with Gasteiger partial charge in [0.25, 0.3) is 21.6 Å². The summed E-state index contributed by atoms with van der Waals surface area (Å²) in [5.74, 6) is 5.98. The SMILES string of the molecule is C=S1(=NC2CC2)CCN(CCCc2ccc(S(=O)(=O)NC(=O)c3ccc(N4CCN(CC5=C(c6ccc(Cl)cc6)CC(C)(C)CC5)CC4)cc3Oc3cnc4[nH]ccc4c3)cc2[N+](=O)[O-])CC1. The lowest BCUT2D eigenvalue weighted by atomic mass is 9.72. The quantitative estimate of drug-likeness (QED) is 0.0588. The van der Waals surface area contributed by atoms with Gasteiger partial charge in [0.15, 0.2) is 0 Å². The number of hydrogen-bond donors (Lipinski definition) is 2. The number of carbonyl (C=O) groups is 1. The summed E-state index contributed by atoms with van der Waals surface area (Å²) in [7, 11) is -5.70. The maximum Gasteiger partial charge on any atom is 0.273 e. The first-order chi connectivity index (χ1) is 32.1. The summed E-state index contributed by atoms with van der Waals surface area (Å²) in [6.07, 6.45) is 9.94. The zero-order valence-electron chi connectivity index (χ0n) is 38.2. The molecule has 0 atom stereocenters. The first kappa shape index (κ1) is 46.8. The molecule has 0 bridgehead atoms. The number of hydrogen-bond acceptors (Lipinski definition) is 11. The minimum absolute atomic E-state index is 0.0234. The fourth-order valence-electron chi connectivity index (χ4n) is 9.44. The van der Waals surface area contributed by atoms with Crippen LogP contribution in [0.25, 0.3) is 16.6 Å². The molecule has 14 nitrogen and oxygen atoms in total. The third-order valence-corrected chi connectivity index (χ3v) is 17.8. The molecule has 1 saturated carbocycles. The average molecular weight is 968 g/mol. The van der Waals surface area contributed by atoms with Crippen molar-refractivity contribution in [2.75, 3.05) is 68.8 Å². The van der Waals surface area contributed by atoms with E-state index in [-0.39, 0.29) is 27.3 Å². The Hall–Kier alpha value is -5.26. The largest absolute Gasteiger partial charge is 0.455 e. The Labute approximate surface area is 398 Å². The van der Waals surface area contributed by atoms with Crippen LogP contribution in [0.3, 0.4) is 0 Å². The summed E-state index contributed by atoms with van der Waals surface area (Å²) in [4.78, 5) is 40.0. The lowest BCUT2D eigenvalue weighted by molar-refractivity contribution is -0.385. The number of anilines is 1. The molecule has 2 aliphatic carbocycles. The van der Waals surface area contributed by atoms with Crippen LogP contribution >= 0.6 is 11.6 Å². The van der Waals surface area contributed by atoms with Gasteiger partial charge in [-0.15, -0.1) is 9.41 Å². The fourth-order valence-corrected chi connectivity index (χ4v) is 13.0. The highest BCUT2D eigenvalue weighted by atomic mass is 35.5. The number of fused-ring (bicyclic) bond motifs is 1. The summed E-state index contributed by atoms with van der Waals surface area (Å²) in [6, 6.07) is 21.3. The van der Waals surface area contributed by atoms with Crippen molar-refractivity contribution in [2.45, 2.75) is 69.7 Å². The van der Waals surface area contributed by atoms with Crippen molar-refractivity contribution in [3.8, 4) is 11.5 Å². The highest BCUT2D eigenvalue weighted by Crippen LogP contribution is 2.43. The predicted octanol–water partition coefficient (Wildman–Crippen LogP) is 9.00. The van der Waals surface area contributed by atoms with Gasteiger partial charge in [-0.05, 0) is 111 Å². The Morgan fingerprint density at radius 1 is 1.01 bits per heavy atom. The van der Waals surface area contributed by atoms with E-state index in [0.29, 0.717) is 35.8 Å². The number of piperazine rings is 1. The Morgan fingerprint density at radius 2 is 1.78 bits per heavy atom. The fraction of sp³-hybridized carbons (Fsp3) is 0.420. The summed E-state index contributed by atoms with van der Waals surface area (Å²) in [5, 5.41) is 13.8. The molecule has 0 spiro atoms. The van der Waals surface area contributed by atoms with Crippen LogP contribution in [-0.2, 0) is 25.9 Å². The standard InChI is InChI=1S/C50H59ClN8O6S2/c1-50(2)18-16-38(45(32-50)35-6-9-39(51)10-7-35)34-57-21-23-58(24-22-57)41-13-15-44(47(30-41)65-42-29-37-17-19-52-48(37)53-33-42)49(60)55-67(63,64)43-14-8-36(46(31-43)59(61)62)5-4-20-56-25-27-66(3,28-26-56)54-40-11-12-40/h6-10,13-15,17,19,29-31,33,40H,3-5,11-12,16,18,20-28,32,34H2,1-2H3,(H,52,53)(H,55,60). The second-order valence-electron chi connectivity index (χ2n) is 19.2. The molecule has 17 heteroatoms. The molecule has 67 heavy (non-hydrogen) atoms. The van der Waals surface area contributed by atoms with E-state index in [9.17, 15) is 23.3 Å². The Morgan fingerprint density at radius 3 is 2.51 bits per heavy atom. The van der Waals surface area contributed by atoms with E-state index in [1.807, 2.05) is 18.2 Å². The maximum absolute atomic E-state index is 14.0. The monoisotopic (exact) mass is 966 g/mol. The number of carbonyl (C=O) groups excluding carboxylic acids is 1. The molecule has 5 aromatic rings. The minimum Gasteiger partial charge on any atom is -0.455 e. The number of nitrogens with one attached hydrogen (secondary N) is 2. The molecule has 2 aliphatic heterocycles. The van der Waals surface area contributed by atoms with Crippen LogP contribution in [0.5, 0.6) is 11.5 Å². The van der Waals surface area contributed by atoms with Crippen LogP contribution in [0.2, 0.25) is 5.02 Å². The minimum atomic E-state index is -4.55. The molecule has 4 aliphatic rings. The van der Waals surface area contributed by atoms with Crippen molar-refractivity contribution in [2.24, 2.45) is 9.78 Å². The number of ether oxygens (including phenoxy) is 1. The van der Waals surface area contributed by atoms with Gasteiger partial charge < -0.3 is 19.5 Å². The number of benzene rings is 3. The zero-order chi connectivity index (χ0) is 46.9. The molecule has 0 radical (unpaired) electrons. The number of halogens is 1. The number of amides is 1. The van der Waals surface area contributed by atoms with Crippen molar-refractivity contribution in [3.05, 3.63) is 123 Å². The number of aromatic nitrogens is 2. The van der Waals surface area contributed by atoms with Crippen molar-refractivity contribution < 1.29 is 22.9 Å². The third-order valence-electron chi connectivity index (χ3n) is 13.5. The van der Waals surface area contributed by atoms with Crippen LogP contribution in [0.1, 0.15) is 73.9 Å². The van der Waals surface area contributed by atoms with Gasteiger partial charge >= 0.3 is 0 Å². The van der Waals surface area contributed by atoms with E-state index < -0.39 is 30.3 Å². The van der Waals surface area contributed by atoms with Crippen molar-refractivity contribution in [1.82, 2.24) is 24.5 Å². The first-order valence-electron chi connectivity index (χ1n) is 23.2. The molecule has 2 aromatic heterocycles. The van der Waals surface area contributed by atoms with Crippen molar-refractivity contribution in [3.63, 3.8) is 0 Å². The molecule has 354 valence electrons. The predicted molar refractivity (Wildman–Crippen MR) is 269 cm³/mol. The number of allylic oxidation sites excluding steroid dienone is 1. The maximum atomic E-state index is 14.0. The van der Waals surface area contributed by atoms with Gasteiger partial charge in [0.05, 0.1) is 27.6 Å². The first-order valence-corrected chi connectivity index (χ1v) is 27.1. The van der Waals surface area contributed by atoms with E-state index >= 15 is 0 Å². The smallest absolute Gasteiger partial charge is 0.273 e. The number of H-pyrrole nitrogens is 1. The van der Waals surface area contributed by atoms with E-state index in [2.05, 4.69) is 61.2 Å². The number of nitro benzene ring substituents is 1. The molecule has 1 amide bonds. The van der Waals surface area contributed by atoms with Gasteiger partial charge in [-0.3, -0.25) is 24.2 Å². The Kier molecular flexibility index (Phi) is 13.6. The van der Waals surface area contributed by atoms with Crippen molar-refractivity contribution >= 4 is 70.8 Å². The second kappa shape index (κ2) is 19.4.